The number of ether oxygens (including phenoxy) is 1. The first-order valence-electron chi connectivity index (χ1n) is 9.05. The van der Waals surface area contributed by atoms with E-state index in [1.54, 1.807) is 13.3 Å². The van der Waals surface area contributed by atoms with Crippen molar-refractivity contribution in [2.24, 2.45) is 0 Å². The van der Waals surface area contributed by atoms with Gasteiger partial charge in [-0.3, -0.25) is 0 Å². The molecule has 1 aliphatic heterocycles. The second kappa shape index (κ2) is 6.16. The molecular formula is C20H17ClN4O2. The summed E-state index contributed by atoms with van der Waals surface area (Å²) in [5, 5.41) is 0.639. The Morgan fingerprint density at radius 2 is 2.19 bits per heavy atom. The molecule has 1 fully saturated rings. The molecule has 1 aromatic carbocycles. The highest BCUT2D eigenvalue weighted by Gasteiger charge is 2.30. The van der Waals surface area contributed by atoms with Gasteiger partial charge < -0.3 is 9.30 Å². The molecule has 0 unspecified atom stereocenters. The first-order chi connectivity index (χ1) is 13.2. The van der Waals surface area contributed by atoms with E-state index in [9.17, 15) is 4.79 Å². The molecule has 0 bridgehead atoms. The highest BCUT2D eigenvalue weighted by Crippen LogP contribution is 2.41. The Balaban J connectivity index is 1.74. The lowest BCUT2D eigenvalue weighted by molar-refractivity contribution is 0.0519. The lowest BCUT2D eigenvalue weighted by atomic mass is 10.0. The highest BCUT2D eigenvalue weighted by atomic mass is 35.5. The molecule has 0 N–H and O–H groups in total. The minimum atomic E-state index is -0.416. The third-order valence-corrected chi connectivity index (χ3v) is 5.23. The Morgan fingerprint density at radius 3 is 2.96 bits per heavy atom. The largest absolute Gasteiger partial charge is 0.461 e. The van der Waals surface area contributed by atoms with Crippen molar-refractivity contribution >= 4 is 17.6 Å². The van der Waals surface area contributed by atoms with Crippen LogP contribution in [0.5, 0.6) is 0 Å². The summed E-state index contributed by atoms with van der Waals surface area (Å²) in [6.07, 6.45) is 6.31. The summed E-state index contributed by atoms with van der Waals surface area (Å²) in [6, 6.07) is 5.69. The van der Waals surface area contributed by atoms with E-state index in [1.165, 1.54) is 0 Å². The van der Waals surface area contributed by atoms with Crippen molar-refractivity contribution in [3.63, 3.8) is 0 Å². The maximum atomic E-state index is 12.4. The van der Waals surface area contributed by atoms with Crippen molar-refractivity contribution in [2.75, 3.05) is 6.61 Å². The molecule has 136 valence electrons. The van der Waals surface area contributed by atoms with E-state index in [1.807, 2.05) is 29.0 Å². The average molecular weight is 381 g/mol. The second-order valence-corrected chi connectivity index (χ2v) is 7.28. The van der Waals surface area contributed by atoms with Gasteiger partial charge in [-0.1, -0.05) is 11.6 Å². The minimum Gasteiger partial charge on any atom is -0.461 e. The van der Waals surface area contributed by atoms with Crippen molar-refractivity contribution in [3.05, 3.63) is 58.5 Å². The Hall–Kier alpha value is -2.73. The predicted molar refractivity (Wildman–Crippen MR) is 100 cm³/mol. The first-order valence-corrected chi connectivity index (χ1v) is 9.43. The number of imidazole rings is 1. The van der Waals surface area contributed by atoms with Gasteiger partial charge in [-0.05, 0) is 38.0 Å². The number of hydrogen-bond donors (Lipinski definition) is 0. The van der Waals surface area contributed by atoms with Crippen LogP contribution in [-0.2, 0) is 11.2 Å². The van der Waals surface area contributed by atoms with Gasteiger partial charge in [0.05, 0.1) is 23.7 Å². The van der Waals surface area contributed by atoms with E-state index in [-0.39, 0.29) is 0 Å². The Kier molecular flexibility index (Phi) is 3.75. The first kappa shape index (κ1) is 16.4. The fraction of sp³-hybridized carbons (Fsp3) is 0.300. The van der Waals surface area contributed by atoms with Crippen LogP contribution >= 0.6 is 11.6 Å². The molecule has 1 saturated carbocycles. The monoisotopic (exact) mass is 380 g/mol. The van der Waals surface area contributed by atoms with Gasteiger partial charge in [-0.15, -0.1) is 0 Å². The van der Waals surface area contributed by atoms with Crippen LogP contribution in [0, 0.1) is 0 Å². The molecule has 5 rings (SSSR count). The Labute approximate surface area is 161 Å². The molecule has 6 nitrogen and oxygen atoms in total. The fourth-order valence-electron chi connectivity index (χ4n) is 3.53. The second-order valence-electron chi connectivity index (χ2n) is 6.84. The number of carbonyl (C=O) groups excluding carboxylic acids is 1. The van der Waals surface area contributed by atoms with Gasteiger partial charge in [0.1, 0.15) is 12.2 Å². The molecule has 27 heavy (non-hydrogen) atoms. The minimum absolute atomic E-state index is 0.307. The van der Waals surface area contributed by atoms with Gasteiger partial charge >= 0.3 is 5.97 Å². The summed E-state index contributed by atoms with van der Waals surface area (Å²) in [6.45, 7) is 2.09. The summed E-state index contributed by atoms with van der Waals surface area (Å²) in [5.74, 6) is 0.924. The van der Waals surface area contributed by atoms with E-state index >= 15 is 0 Å². The Morgan fingerprint density at radius 1 is 1.33 bits per heavy atom. The van der Waals surface area contributed by atoms with Crippen LogP contribution in [0.15, 0.2) is 30.7 Å². The molecule has 3 aromatic rings. The number of aromatic nitrogens is 4. The number of fused-ring (bicyclic) bond motifs is 5. The number of esters is 1. The molecule has 0 saturated heterocycles. The summed E-state index contributed by atoms with van der Waals surface area (Å²) >= 11 is 6.29. The van der Waals surface area contributed by atoms with Gasteiger partial charge in [0.2, 0.25) is 0 Å². The van der Waals surface area contributed by atoms with Crippen LogP contribution in [0.1, 0.15) is 53.3 Å². The SMILES string of the molecule is CCOC(=O)c1ncn2c1Cc1cnc(C3CC3)nc1-c1cc(Cl)ccc1-2. The maximum absolute atomic E-state index is 12.4. The number of hydrogen-bond acceptors (Lipinski definition) is 5. The van der Waals surface area contributed by atoms with E-state index in [0.29, 0.717) is 29.7 Å². The lowest BCUT2D eigenvalue weighted by Gasteiger charge is -2.11. The standard InChI is InChI=1S/C20H17ClN4O2/c1-2-27-20(26)18-16-7-12-9-22-19(11-3-4-11)24-17(12)14-8-13(21)5-6-15(14)25(16)10-23-18/h5-6,8-11H,2-4,7H2,1H3. The maximum Gasteiger partial charge on any atom is 0.358 e. The van der Waals surface area contributed by atoms with E-state index in [2.05, 4.69) is 9.97 Å². The molecule has 0 radical (unpaired) electrons. The van der Waals surface area contributed by atoms with Gasteiger partial charge in [0, 0.05) is 34.7 Å². The zero-order chi connectivity index (χ0) is 18.5. The number of carbonyl (C=O) groups is 1. The molecule has 0 atom stereocenters. The van der Waals surface area contributed by atoms with Crippen molar-refractivity contribution < 1.29 is 9.53 Å². The van der Waals surface area contributed by atoms with Crippen LogP contribution in [0.25, 0.3) is 16.9 Å². The molecule has 0 amide bonds. The van der Waals surface area contributed by atoms with Crippen molar-refractivity contribution in [1.82, 2.24) is 19.5 Å². The zero-order valence-corrected chi connectivity index (χ0v) is 15.5. The molecule has 1 aliphatic carbocycles. The lowest BCUT2D eigenvalue weighted by Crippen LogP contribution is -2.10. The summed E-state index contributed by atoms with van der Waals surface area (Å²) < 4.78 is 7.11. The number of halogens is 1. The van der Waals surface area contributed by atoms with Crippen LogP contribution < -0.4 is 0 Å². The van der Waals surface area contributed by atoms with Crippen molar-refractivity contribution in [2.45, 2.75) is 32.1 Å². The van der Waals surface area contributed by atoms with Crippen LogP contribution in [0.4, 0.5) is 0 Å². The molecule has 2 aromatic heterocycles. The van der Waals surface area contributed by atoms with Crippen molar-refractivity contribution in [1.29, 1.82) is 0 Å². The molecule has 3 heterocycles. The smallest absolute Gasteiger partial charge is 0.358 e. The average Bonchev–Trinajstić information content (AvgIpc) is 3.44. The van der Waals surface area contributed by atoms with E-state index in [0.717, 1.165) is 46.9 Å². The quantitative estimate of drug-likeness (QED) is 0.503. The normalized spacial score (nSPS) is 14.7. The van der Waals surface area contributed by atoms with Gasteiger partial charge in [-0.25, -0.2) is 19.7 Å². The van der Waals surface area contributed by atoms with Crippen LogP contribution in [0.2, 0.25) is 5.02 Å². The number of rotatable bonds is 3. The molecular weight excluding hydrogens is 364 g/mol. The summed E-state index contributed by atoms with van der Waals surface area (Å²) in [4.78, 5) is 26.1. The molecule has 2 aliphatic rings. The molecule has 0 spiro atoms. The summed E-state index contributed by atoms with van der Waals surface area (Å²) in [7, 11) is 0. The van der Waals surface area contributed by atoms with Crippen LogP contribution in [-0.4, -0.2) is 32.1 Å². The number of nitrogens with zero attached hydrogens (tertiary/aromatic N) is 4. The topological polar surface area (TPSA) is 69.9 Å². The third-order valence-electron chi connectivity index (χ3n) is 4.99. The van der Waals surface area contributed by atoms with E-state index < -0.39 is 5.97 Å². The Bertz CT molecular complexity index is 1070. The third kappa shape index (κ3) is 2.72. The molecule has 7 heteroatoms. The van der Waals surface area contributed by atoms with Gasteiger partial charge in [-0.2, -0.15) is 0 Å². The van der Waals surface area contributed by atoms with E-state index in [4.69, 9.17) is 21.3 Å². The zero-order valence-electron chi connectivity index (χ0n) is 14.8. The highest BCUT2D eigenvalue weighted by molar-refractivity contribution is 6.31. The van der Waals surface area contributed by atoms with Crippen molar-refractivity contribution in [3.8, 4) is 16.9 Å². The number of benzene rings is 1. The van der Waals surface area contributed by atoms with Gasteiger partial charge in [0.25, 0.3) is 0 Å². The van der Waals surface area contributed by atoms with Crippen LogP contribution in [0.3, 0.4) is 0 Å². The summed E-state index contributed by atoms with van der Waals surface area (Å²) in [5.41, 5.74) is 4.76. The fourth-order valence-corrected chi connectivity index (χ4v) is 3.70. The van der Waals surface area contributed by atoms with Gasteiger partial charge in [0.15, 0.2) is 5.69 Å². The predicted octanol–water partition coefficient (Wildman–Crippen LogP) is 3.94.